The molecule has 1 heterocycles. The molecule has 0 unspecified atom stereocenters. The number of amides is 1. The van der Waals surface area contributed by atoms with E-state index in [0.29, 0.717) is 0 Å². The molecule has 92 valence electrons. The second-order valence-corrected chi connectivity index (χ2v) is 4.67. The predicted molar refractivity (Wildman–Crippen MR) is 70.2 cm³/mol. The van der Waals surface area contributed by atoms with Crippen molar-refractivity contribution in [2.75, 3.05) is 25.0 Å². The van der Waals surface area contributed by atoms with Crippen molar-refractivity contribution < 1.29 is 4.79 Å². The van der Waals surface area contributed by atoms with E-state index in [-0.39, 0.29) is 11.8 Å². The van der Waals surface area contributed by atoms with Crippen molar-refractivity contribution >= 4 is 11.6 Å². The Bertz CT molecular complexity index is 382. The second-order valence-electron chi connectivity index (χ2n) is 4.67. The summed E-state index contributed by atoms with van der Waals surface area (Å²) in [6.45, 7) is 3.81. The van der Waals surface area contributed by atoms with E-state index in [9.17, 15) is 4.79 Å². The first-order chi connectivity index (χ1) is 8.22. The van der Waals surface area contributed by atoms with Crippen molar-refractivity contribution in [1.29, 1.82) is 0 Å². The Morgan fingerprint density at radius 1 is 1.35 bits per heavy atom. The van der Waals surface area contributed by atoms with E-state index >= 15 is 0 Å². The lowest BCUT2D eigenvalue weighted by Crippen LogP contribution is -2.51. The van der Waals surface area contributed by atoms with Crippen molar-refractivity contribution in [2.24, 2.45) is 5.92 Å². The summed E-state index contributed by atoms with van der Waals surface area (Å²) in [5.74, 6) is 0.377. The SMILES string of the molecule is CCCc1ccc(N(C)C(=O)C2CNC2)cc1. The summed E-state index contributed by atoms with van der Waals surface area (Å²) in [7, 11) is 1.86. The first-order valence-corrected chi connectivity index (χ1v) is 6.29. The van der Waals surface area contributed by atoms with Crippen LogP contribution in [0, 0.1) is 5.92 Å². The molecule has 1 fully saturated rings. The zero-order valence-electron chi connectivity index (χ0n) is 10.6. The van der Waals surface area contributed by atoms with E-state index in [2.05, 4.69) is 24.4 Å². The van der Waals surface area contributed by atoms with E-state index in [1.165, 1.54) is 5.56 Å². The maximum atomic E-state index is 12.0. The van der Waals surface area contributed by atoms with Gasteiger partial charge in [-0.1, -0.05) is 25.5 Å². The van der Waals surface area contributed by atoms with Gasteiger partial charge in [0.25, 0.3) is 0 Å². The highest BCUT2D eigenvalue weighted by Gasteiger charge is 2.27. The predicted octanol–water partition coefficient (Wildman–Crippen LogP) is 1.82. The normalized spacial score (nSPS) is 15.4. The number of nitrogens with zero attached hydrogens (tertiary/aromatic N) is 1. The molecule has 0 saturated carbocycles. The van der Waals surface area contributed by atoms with Gasteiger partial charge in [0.1, 0.15) is 0 Å². The average molecular weight is 232 g/mol. The molecule has 3 heteroatoms. The molecule has 0 radical (unpaired) electrons. The number of aryl methyl sites for hydroxylation is 1. The van der Waals surface area contributed by atoms with Crippen LogP contribution in [0.15, 0.2) is 24.3 Å². The largest absolute Gasteiger partial charge is 0.315 e. The van der Waals surface area contributed by atoms with Gasteiger partial charge in [-0.15, -0.1) is 0 Å². The van der Waals surface area contributed by atoms with Gasteiger partial charge in [0.2, 0.25) is 5.91 Å². The van der Waals surface area contributed by atoms with Gasteiger partial charge in [-0.25, -0.2) is 0 Å². The summed E-state index contributed by atoms with van der Waals surface area (Å²) in [4.78, 5) is 13.8. The Labute approximate surface area is 103 Å². The van der Waals surface area contributed by atoms with Gasteiger partial charge in [0.05, 0.1) is 5.92 Å². The van der Waals surface area contributed by atoms with Gasteiger partial charge >= 0.3 is 0 Å². The minimum Gasteiger partial charge on any atom is -0.315 e. The van der Waals surface area contributed by atoms with Crippen LogP contribution in [-0.4, -0.2) is 26.0 Å². The summed E-state index contributed by atoms with van der Waals surface area (Å²) in [6.07, 6.45) is 2.26. The summed E-state index contributed by atoms with van der Waals surface area (Å²) in [5.41, 5.74) is 2.32. The van der Waals surface area contributed by atoms with Gasteiger partial charge < -0.3 is 10.2 Å². The Morgan fingerprint density at radius 2 is 2.00 bits per heavy atom. The van der Waals surface area contributed by atoms with Crippen LogP contribution in [0.3, 0.4) is 0 Å². The van der Waals surface area contributed by atoms with Gasteiger partial charge in [0.15, 0.2) is 0 Å². The van der Waals surface area contributed by atoms with Crippen LogP contribution in [0.5, 0.6) is 0 Å². The molecule has 0 aromatic heterocycles. The number of rotatable bonds is 4. The number of anilines is 1. The Kier molecular flexibility index (Phi) is 3.79. The number of carbonyl (C=O) groups is 1. The van der Waals surface area contributed by atoms with Crippen molar-refractivity contribution in [3.8, 4) is 0 Å². The van der Waals surface area contributed by atoms with Crippen LogP contribution < -0.4 is 10.2 Å². The van der Waals surface area contributed by atoms with Crippen LogP contribution in [0.25, 0.3) is 0 Å². The molecule has 3 nitrogen and oxygen atoms in total. The standard InChI is InChI=1S/C14H20N2O/c1-3-4-11-5-7-13(8-6-11)16(2)14(17)12-9-15-10-12/h5-8,12,15H,3-4,9-10H2,1-2H3. The van der Waals surface area contributed by atoms with Gasteiger partial charge in [-0.2, -0.15) is 0 Å². The minimum absolute atomic E-state index is 0.162. The average Bonchev–Trinajstić information content (AvgIpc) is 2.27. The molecule has 0 atom stereocenters. The third-order valence-electron chi connectivity index (χ3n) is 3.32. The van der Waals surface area contributed by atoms with E-state index < -0.39 is 0 Å². The molecule has 1 N–H and O–H groups in total. The maximum absolute atomic E-state index is 12.0. The van der Waals surface area contributed by atoms with Crippen LogP contribution in [0.4, 0.5) is 5.69 Å². The first kappa shape index (κ1) is 12.1. The molecule has 1 amide bonds. The molecule has 1 aliphatic heterocycles. The molecule has 17 heavy (non-hydrogen) atoms. The second kappa shape index (κ2) is 5.32. The maximum Gasteiger partial charge on any atom is 0.232 e. The third kappa shape index (κ3) is 2.67. The molecule has 0 aliphatic carbocycles. The number of nitrogens with one attached hydrogen (secondary N) is 1. The van der Waals surface area contributed by atoms with E-state index in [1.54, 1.807) is 4.90 Å². The van der Waals surface area contributed by atoms with E-state index in [1.807, 2.05) is 19.2 Å². The fraction of sp³-hybridized carbons (Fsp3) is 0.500. The van der Waals surface area contributed by atoms with Gasteiger partial charge in [-0.3, -0.25) is 4.79 Å². The monoisotopic (exact) mass is 232 g/mol. The zero-order chi connectivity index (χ0) is 12.3. The fourth-order valence-electron chi connectivity index (χ4n) is 2.04. The highest BCUT2D eigenvalue weighted by molar-refractivity contribution is 5.95. The lowest BCUT2D eigenvalue weighted by Gasteiger charge is -2.30. The molecular formula is C14H20N2O. The number of hydrogen-bond acceptors (Lipinski definition) is 2. The van der Waals surface area contributed by atoms with E-state index in [0.717, 1.165) is 31.6 Å². The Morgan fingerprint density at radius 3 is 2.47 bits per heavy atom. The molecular weight excluding hydrogens is 212 g/mol. The smallest absolute Gasteiger partial charge is 0.232 e. The van der Waals surface area contributed by atoms with Crippen molar-refractivity contribution in [3.05, 3.63) is 29.8 Å². The molecule has 1 aromatic rings. The minimum atomic E-state index is 0.162. The molecule has 2 rings (SSSR count). The van der Waals surface area contributed by atoms with Crippen LogP contribution in [-0.2, 0) is 11.2 Å². The molecule has 0 spiro atoms. The van der Waals surface area contributed by atoms with Gasteiger partial charge in [0, 0.05) is 25.8 Å². The topological polar surface area (TPSA) is 32.3 Å². The number of benzene rings is 1. The van der Waals surface area contributed by atoms with Gasteiger partial charge in [-0.05, 0) is 24.1 Å². The Hall–Kier alpha value is -1.35. The highest BCUT2D eigenvalue weighted by Crippen LogP contribution is 2.18. The third-order valence-corrected chi connectivity index (χ3v) is 3.32. The summed E-state index contributed by atoms with van der Waals surface area (Å²) >= 11 is 0. The Balaban J connectivity index is 2.02. The first-order valence-electron chi connectivity index (χ1n) is 6.29. The molecule has 0 bridgehead atoms. The molecule has 1 aliphatic rings. The summed E-state index contributed by atoms with van der Waals surface area (Å²) in [6, 6.07) is 8.30. The fourth-order valence-corrected chi connectivity index (χ4v) is 2.04. The van der Waals surface area contributed by atoms with Crippen molar-refractivity contribution in [3.63, 3.8) is 0 Å². The summed E-state index contributed by atoms with van der Waals surface area (Å²) < 4.78 is 0. The quantitative estimate of drug-likeness (QED) is 0.859. The highest BCUT2D eigenvalue weighted by atomic mass is 16.2. The lowest BCUT2D eigenvalue weighted by molar-refractivity contribution is -0.123. The number of hydrogen-bond donors (Lipinski definition) is 1. The van der Waals surface area contributed by atoms with E-state index in [4.69, 9.17) is 0 Å². The van der Waals surface area contributed by atoms with Crippen LogP contribution >= 0.6 is 0 Å². The number of carbonyl (C=O) groups excluding carboxylic acids is 1. The zero-order valence-corrected chi connectivity index (χ0v) is 10.6. The van der Waals surface area contributed by atoms with Crippen LogP contribution in [0.1, 0.15) is 18.9 Å². The van der Waals surface area contributed by atoms with Crippen LogP contribution in [0.2, 0.25) is 0 Å². The van der Waals surface area contributed by atoms with Crippen molar-refractivity contribution in [2.45, 2.75) is 19.8 Å². The molecule has 1 saturated heterocycles. The van der Waals surface area contributed by atoms with Crippen molar-refractivity contribution in [1.82, 2.24) is 5.32 Å². The summed E-state index contributed by atoms with van der Waals surface area (Å²) in [5, 5.41) is 3.13. The molecule has 1 aromatic carbocycles. The lowest BCUT2D eigenvalue weighted by atomic mass is 10.0.